The lowest BCUT2D eigenvalue weighted by atomic mass is 9.96. The third-order valence-corrected chi connectivity index (χ3v) is 3.41. The number of halogens is 1. The molecular weight excluding hydrogens is 276 g/mol. The number of likely N-dealkylation sites (N-methyl/N-ethyl adjacent to an activating group) is 1. The van der Waals surface area contributed by atoms with E-state index in [-0.39, 0.29) is 11.5 Å². The van der Waals surface area contributed by atoms with Crippen LogP contribution < -0.4 is 5.32 Å². The highest BCUT2D eigenvalue weighted by atomic mass is 35.5. The average molecular weight is 299 g/mol. The van der Waals surface area contributed by atoms with Crippen LogP contribution >= 0.6 is 11.6 Å². The maximum atomic E-state index is 6.07. The molecule has 0 spiro atoms. The van der Waals surface area contributed by atoms with E-state index in [1.807, 2.05) is 0 Å². The second-order valence-electron chi connectivity index (χ2n) is 6.29. The Labute approximate surface area is 125 Å². The zero-order valence-corrected chi connectivity index (χ0v) is 13.4. The Morgan fingerprint density at radius 2 is 2.20 bits per heavy atom. The lowest BCUT2D eigenvalue weighted by Gasteiger charge is -2.30. The molecule has 2 heterocycles. The summed E-state index contributed by atoms with van der Waals surface area (Å²) in [6.07, 6.45) is 0.181. The predicted molar refractivity (Wildman–Crippen MR) is 81.5 cm³/mol. The summed E-state index contributed by atoms with van der Waals surface area (Å²) in [4.78, 5) is 11.1. The Morgan fingerprint density at radius 1 is 1.45 bits per heavy atom. The maximum Gasteiger partial charge on any atom is 0.137 e. The molecule has 0 saturated carbocycles. The fraction of sp³-hybridized carbons (Fsp3) is 0.714. The number of hydrogen-bond donors (Lipinski definition) is 1. The topological polar surface area (TPSA) is 50.3 Å². The number of hydrogen-bond acceptors (Lipinski definition) is 5. The minimum atomic E-state index is -0.122. The standard InChI is InChI=1S/C14H23ClN4O/c1-14(2,3)13-17-11(15)7-12(18-13)16-8-10-9-19(4)5-6-20-10/h7,10H,5-6,8-9H2,1-4H3,(H,16,17,18). The van der Waals surface area contributed by atoms with Crippen molar-refractivity contribution in [2.24, 2.45) is 0 Å². The first kappa shape index (κ1) is 15.5. The van der Waals surface area contributed by atoms with Crippen molar-refractivity contribution in [3.05, 3.63) is 17.0 Å². The first-order valence-corrected chi connectivity index (χ1v) is 7.31. The lowest BCUT2D eigenvalue weighted by molar-refractivity contribution is -0.0117. The zero-order chi connectivity index (χ0) is 14.8. The molecule has 20 heavy (non-hydrogen) atoms. The molecule has 1 fully saturated rings. The van der Waals surface area contributed by atoms with Gasteiger partial charge in [0.05, 0.1) is 12.7 Å². The van der Waals surface area contributed by atoms with Gasteiger partial charge in [-0.05, 0) is 7.05 Å². The van der Waals surface area contributed by atoms with Crippen molar-refractivity contribution >= 4 is 17.4 Å². The summed E-state index contributed by atoms with van der Waals surface area (Å²) >= 11 is 6.07. The van der Waals surface area contributed by atoms with Crippen LogP contribution in [-0.2, 0) is 10.2 Å². The highest BCUT2D eigenvalue weighted by Gasteiger charge is 2.20. The van der Waals surface area contributed by atoms with E-state index < -0.39 is 0 Å². The van der Waals surface area contributed by atoms with Crippen molar-refractivity contribution in [3.8, 4) is 0 Å². The molecule has 1 atom stereocenters. The van der Waals surface area contributed by atoms with Gasteiger partial charge in [-0.1, -0.05) is 32.4 Å². The number of morpholine rings is 1. The van der Waals surface area contributed by atoms with Crippen LogP contribution in [0, 0.1) is 0 Å². The molecule has 2 rings (SSSR count). The number of nitrogens with one attached hydrogen (secondary N) is 1. The fourth-order valence-corrected chi connectivity index (χ4v) is 2.24. The zero-order valence-electron chi connectivity index (χ0n) is 12.6. The van der Waals surface area contributed by atoms with Gasteiger partial charge in [0.15, 0.2) is 0 Å². The third kappa shape index (κ3) is 4.30. The second-order valence-corrected chi connectivity index (χ2v) is 6.67. The number of rotatable bonds is 3. The normalized spacial score (nSPS) is 20.9. The van der Waals surface area contributed by atoms with E-state index in [1.165, 1.54) is 0 Å². The van der Waals surface area contributed by atoms with Crippen LogP contribution in [0.5, 0.6) is 0 Å². The molecule has 1 saturated heterocycles. The second kappa shape index (κ2) is 6.24. The molecule has 1 aliphatic rings. The van der Waals surface area contributed by atoms with Gasteiger partial charge in [-0.25, -0.2) is 9.97 Å². The Balaban J connectivity index is 2.00. The van der Waals surface area contributed by atoms with E-state index in [9.17, 15) is 0 Å². The van der Waals surface area contributed by atoms with Crippen LogP contribution in [0.15, 0.2) is 6.07 Å². The summed E-state index contributed by atoms with van der Waals surface area (Å²) in [5.74, 6) is 1.50. The molecule has 0 radical (unpaired) electrons. The van der Waals surface area contributed by atoms with Crippen LogP contribution in [-0.4, -0.2) is 54.3 Å². The largest absolute Gasteiger partial charge is 0.374 e. The smallest absolute Gasteiger partial charge is 0.137 e. The summed E-state index contributed by atoms with van der Waals surface area (Å²) in [6, 6.07) is 1.75. The number of aromatic nitrogens is 2. The van der Waals surface area contributed by atoms with Crippen LogP contribution in [0.1, 0.15) is 26.6 Å². The quantitative estimate of drug-likeness (QED) is 0.867. The van der Waals surface area contributed by atoms with Crippen molar-refractivity contribution < 1.29 is 4.74 Å². The molecule has 1 aromatic rings. The van der Waals surface area contributed by atoms with E-state index >= 15 is 0 Å². The molecular formula is C14H23ClN4O. The molecule has 112 valence electrons. The van der Waals surface area contributed by atoms with Crippen molar-refractivity contribution in [1.82, 2.24) is 14.9 Å². The van der Waals surface area contributed by atoms with Crippen LogP contribution in [0.3, 0.4) is 0 Å². The summed E-state index contributed by atoms with van der Waals surface area (Å²) in [5.41, 5.74) is -0.122. The Bertz CT molecular complexity index is 461. The van der Waals surface area contributed by atoms with Crippen molar-refractivity contribution in [2.45, 2.75) is 32.3 Å². The molecule has 0 amide bonds. The Kier molecular flexibility index (Phi) is 4.83. The van der Waals surface area contributed by atoms with Crippen molar-refractivity contribution in [1.29, 1.82) is 0 Å². The van der Waals surface area contributed by atoms with Gasteiger partial charge in [0.25, 0.3) is 0 Å². The summed E-state index contributed by atoms with van der Waals surface area (Å²) in [6.45, 7) is 9.63. The van der Waals surface area contributed by atoms with E-state index in [0.29, 0.717) is 5.15 Å². The van der Waals surface area contributed by atoms with Gasteiger partial charge in [-0.3, -0.25) is 0 Å². The highest BCUT2D eigenvalue weighted by molar-refractivity contribution is 6.29. The lowest BCUT2D eigenvalue weighted by Crippen LogP contribution is -2.43. The van der Waals surface area contributed by atoms with Crippen LogP contribution in [0.2, 0.25) is 5.15 Å². The van der Waals surface area contributed by atoms with Gasteiger partial charge in [-0.15, -0.1) is 0 Å². The molecule has 6 heteroatoms. The van der Waals surface area contributed by atoms with Crippen molar-refractivity contribution in [3.63, 3.8) is 0 Å². The van der Waals surface area contributed by atoms with E-state index in [4.69, 9.17) is 16.3 Å². The fourth-order valence-electron chi connectivity index (χ4n) is 2.05. The van der Waals surface area contributed by atoms with Gasteiger partial charge in [-0.2, -0.15) is 0 Å². The molecule has 1 aromatic heterocycles. The molecule has 0 bridgehead atoms. The maximum absolute atomic E-state index is 6.07. The molecule has 5 nitrogen and oxygen atoms in total. The summed E-state index contributed by atoms with van der Waals surface area (Å²) in [5, 5.41) is 3.77. The monoisotopic (exact) mass is 298 g/mol. The van der Waals surface area contributed by atoms with Gasteiger partial charge in [0, 0.05) is 31.1 Å². The number of anilines is 1. The molecule has 0 aromatic carbocycles. The highest BCUT2D eigenvalue weighted by Crippen LogP contribution is 2.22. The van der Waals surface area contributed by atoms with Crippen LogP contribution in [0.4, 0.5) is 5.82 Å². The third-order valence-electron chi connectivity index (χ3n) is 3.22. The number of ether oxygens (including phenoxy) is 1. The predicted octanol–water partition coefficient (Wildman–Crippen LogP) is 2.17. The molecule has 1 aliphatic heterocycles. The first-order chi connectivity index (χ1) is 9.34. The van der Waals surface area contributed by atoms with Gasteiger partial charge >= 0.3 is 0 Å². The van der Waals surface area contributed by atoms with Crippen LogP contribution in [0.25, 0.3) is 0 Å². The first-order valence-electron chi connectivity index (χ1n) is 6.93. The van der Waals surface area contributed by atoms with Gasteiger partial charge in [0.1, 0.15) is 16.8 Å². The summed E-state index contributed by atoms with van der Waals surface area (Å²) < 4.78 is 5.72. The van der Waals surface area contributed by atoms with Crippen molar-refractivity contribution in [2.75, 3.05) is 38.6 Å². The molecule has 1 N–H and O–H groups in total. The number of nitrogens with zero attached hydrogens (tertiary/aromatic N) is 3. The van der Waals surface area contributed by atoms with Gasteiger partial charge < -0.3 is 15.0 Å². The van der Waals surface area contributed by atoms with E-state index in [1.54, 1.807) is 6.07 Å². The Morgan fingerprint density at radius 3 is 2.85 bits per heavy atom. The Hall–Kier alpha value is -0.910. The minimum Gasteiger partial charge on any atom is -0.374 e. The summed E-state index contributed by atoms with van der Waals surface area (Å²) in [7, 11) is 2.11. The molecule has 1 unspecified atom stereocenters. The molecule has 0 aliphatic carbocycles. The minimum absolute atomic E-state index is 0.122. The van der Waals surface area contributed by atoms with Gasteiger partial charge in [0.2, 0.25) is 0 Å². The van der Waals surface area contributed by atoms with E-state index in [2.05, 4.69) is 48.0 Å². The average Bonchev–Trinajstić information content (AvgIpc) is 2.35. The van der Waals surface area contributed by atoms with E-state index in [0.717, 1.165) is 37.9 Å². The SMILES string of the molecule is CN1CCOC(CNc2cc(Cl)nc(C(C)(C)C)n2)C1.